The van der Waals surface area contributed by atoms with Crippen LogP contribution in [0.15, 0.2) is 28.8 Å². The van der Waals surface area contributed by atoms with Gasteiger partial charge in [-0.2, -0.15) is 18.2 Å². The molecule has 0 aliphatic rings. The van der Waals surface area contributed by atoms with Crippen molar-refractivity contribution in [1.29, 1.82) is 0 Å². The summed E-state index contributed by atoms with van der Waals surface area (Å²) in [6.07, 6.45) is -2.43. The minimum atomic E-state index is -4.37. The third-order valence-electron chi connectivity index (χ3n) is 3.51. The molecule has 1 unspecified atom stereocenters. The van der Waals surface area contributed by atoms with Gasteiger partial charge in [-0.15, -0.1) is 12.4 Å². The van der Waals surface area contributed by atoms with Crippen molar-refractivity contribution in [3.63, 3.8) is 0 Å². The Morgan fingerprint density at radius 2 is 1.76 bits per heavy atom. The molecule has 0 saturated heterocycles. The molecule has 0 spiro atoms. The van der Waals surface area contributed by atoms with Gasteiger partial charge in [0.25, 0.3) is 5.89 Å². The van der Waals surface area contributed by atoms with Gasteiger partial charge in [0.1, 0.15) is 6.10 Å². The number of hydrogen-bond donors (Lipinski definition) is 2. The Kier molecular flexibility index (Phi) is 7.16. The summed E-state index contributed by atoms with van der Waals surface area (Å²) in [4.78, 5) is 4.01. The van der Waals surface area contributed by atoms with Crippen molar-refractivity contribution in [1.82, 2.24) is 10.1 Å². The van der Waals surface area contributed by atoms with Crippen LogP contribution in [0.5, 0.6) is 0 Å². The molecule has 0 aliphatic carbocycles. The minimum absolute atomic E-state index is 0. The molecule has 25 heavy (non-hydrogen) atoms. The molecular weight excluding hydrogens is 359 g/mol. The molecular formula is C16H19ClF3N3O2. The molecule has 1 aromatic heterocycles. The van der Waals surface area contributed by atoms with Crippen molar-refractivity contribution in [2.45, 2.75) is 32.2 Å². The summed E-state index contributed by atoms with van der Waals surface area (Å²) in [6.45, 7) is 3.72. The van der Waals surface area contributed by atoms with Crippen LogP contribution < -0.4 is 5.73 Å². The van der Waals surface area contributed by atoms with E-state index in [2.05, 4.69) is 10.1 Å². The van der Waals surface area contributed by atoms with Gasteiger partial charge in [0, 0.05) is 12.1 Å². The fraction of sp³-hybridized carbons (Fsp3) is 0.375. The van der Waals surface area contributed by atoms with Crippen molar-refractivity contribution >= 4 is 24.6 Å². The maximum absolute atomic E-state index is 12.5. The summed E-state index contributed by atoms with van der Waals surface area (Å²) < 4.78 is 42.4. The topological polar surface area (TPSA) is 85.2 Å². The zero-order valence-corrected chi connectivity index (χ0v) is 14.4. The summed E-state index contributed by atoms with van der Waals surface area (Å²) >= 11 is 0. The van der Waals surface area contributed by atoms with Crippen LogP contribution >= 0.6 is 12.4 Å². The van der Waals surface area contributed by atoms with Gasteiger partial charge in [0.15, 0.2) is 0 Å². The number of aromatic nitrogens is 2. The summed E-state index contributed by atoms with van der Waals surface area (Å²) in [5.41, 5.74) is 5.66. The van der Waals surface area contributed by atoms with E-state index in [0.29, 0.717) is 5.56 Å². The van der Waals surface area contributed by atoms with Crippen LogP contribution in [0.1, 0.15) is 42.8 Å². The van der Waals surface area contributed by atoms with Crippen LogP contribution in [0.25, 0.3) is 12.2 Å². The quantitative estimate of drug-likeness (QED) is 0.829. The molecule has 0 aliphatic heterocycles. The Bertz CT molecular complexity index is 699. The van der Waals surface area contributed by atoms with Crippen molar-refractivity contribution < 1.29 is 22.8 Å². The number of hydrogen-bond acceptors (Lipinski definition) is 5. The molecule has 2 aromatic rings. The van der Waals surface area contributed by atoms with Crippen LogP contribution in [0.4, 0.5) is 13.2 Å². The second-order valence-corrected chi connectivity index (χ2v) is 5.71. The number of aliphatic hydroxyl groups is 1. The number of rotatable bonds is 5. The Balaban J connectivity index is 0.00000312. The first-order valence-corrected chi connectivity index (χ1v) is 7.31. The fourth-order valence-electron chi connectivity index (χ4n) is 1.92. The van der Waals surface area contributed by atoms with Gasteiger partial charge >= 0.3 is 6.18 Å². The molecule has 0 amide bonds. The molecule has 0 radical (unpaired) electrons. The van der Waals surface area contributed by atoms with Gasteiger partial charge in [0.2, 0.25) is 5.82 Å². The van der Waals surface area contributed by atoms with Crippen molar-refractivity contribution in [3.05, 3.63) is 47.1 Å². The molecule has 2 atom stereocenters. The van der Waals surface area contributed by atoms with Crippen LogP contribution in [0.2, 0.25) is 0 Å². The summed E-state index contributed by atoms with van der Waals surface area (Å²) in [5.74, 6) is 0.229. The number of alkyl halides is 3. The second-order valence-electron chi connectivity index (χ2n) is 5.71. The first-order valence-electron chi connectivity index (χ1n) is 7.31. The van der Waals surface area contributed by atoms with E-state index in [1.54, 1.807) is 0 Å². The summed E-state index contributed by atoms with van der Waals surface area (Å²) in [5, 5.41) is 13.7. The third kappa shape index (κ3) is 5.55. The van der Waals surface area contributed by atoms with Gasteiger partial charge in [-0.25, -0.2) is 0 Å². The van der Waals surface area contributed by atoms with E-state index in [0.717, 1.165) is 12.1 Å². The van der Waals surface area contributed by atoms with Gasteiger partial charge < -0.3 is 15.4 Å². The molecule has 0 saturated carbocycles. The number of nitrogens with two attached hydrogens (primary N) is 1. The van der Waals surface area contributed by atoms with E-state index in [9.17, 15) is 18.3 Å². The van der Waals surface area contributed by atoms with Crippen LogP contribution in [0, 0.1) is 5.92 Å². The Morgan fingerprint density at radius 1 is 1.16 bits per heavy atom. The lowest BCUT2D eigenvalue weighted by Gasteiger charge is -2.18. The van der Waals surface area contributed by atoms with E-state index < -0.39 is 23.9 Å². The average Bonchev–Trinajstić information content (AvgIpc) is 3.00. The van der Waals surface area contributed by atoms with Crippen molar-refractivity contribution in [3.8, 4) is 0 Å². The number of benzene rings is 1. The smallest absolute Gasteiger partial charge is 0.383 e. The number of nitrogens with zero attached hydrogens (tertiary/aromatic N) is 2. The zero-order chi connectivity index (χ0) is 17.9. The van der Waals surface area contributed by atoms with Gasteiger partial charge in [-0.3, -0.25) is 0 Å². The van der Waals surface area contributed by atoms with Crippen molar-refractivity contribution in [2.24, 2.45) is 11.7 Å². The average molecular weight is 378 g/mol. The maximum Gasteiger partial charge on any atom is 0.416 e. The molecule has 1 aromatic carbocycles. The Labute approximate surface area is 149 Å². The molecule has 0 fully saturated rings. The lowest BCUT2D eigenvalue weighted by molar-refractivity contribution is -0.137. The van der Waals surface area contributed by atoms with Crippen LogP contribution in [0.3, 0.4) is 0 Å². The number of aliphatic hydroxyl groups excluding tert-OH is 1. The van der Waals surface area contributed by atoms with E-state index in [1.165, 1.54) is 24.3 Å². The second kappa shape index (κ2) is 8.46. The molecule has 138 valence electrons. The lowest BCUT2D eigenvalue weighted by Crippen LogP contribution is -2.34. The normalized spacial score (nSPS) is 14.6. The van der Waals surface area contributed by atoms with Crippen LogP contribution in [-0.4, -0.2) is 21.3 Å². The molecule has 1 heterocycles. The highest BCUT2D eigenvalue weighted by atomic mass is 35.5. The SMILES string of the molecule is CC(C)[C@H](N)C(O)c1noc(/C=C/c2ccc(C(F)(F)F)cc2)n1.Cl. The largest absolute Gasteiger partial charge is 0.416 e. The third-order valence-corrected chi connectivity index (χ3v) is 3.51. The molecule has 9 heteroatoms. The first-order chi connectivity index (χ1) is 11.2. The van der Waals surface area contributed by atoms with Gasteiger partial charge in [-0.1, -0.05) is 31.1 Å². The van der Waals surface area contributed by atoms with E-state index in [-0.39, 0.29) is 30.0 Å². The van der Waals surface area contributed by atoms with Crippen molar-refractivity contribution in [2.75, 3.05) is 0 Å². The molecule has 5 nitrogen and oxygen atoms in total. The molecule has 0 bridgehead atoms. The predicted molar refractivity (Wildman–Crippen MR) is 89.7 cm³/mol. The maximum atomic E-state index is 12.5. The summed E-state index contributed by atoms with van der Waals surface area (Å²) in [6, 6.07) is 4.11. The lowest BCUT2D eigenvalue weighted by atomic mass is 9.99. The predicted octanol–water partition coefficient (Wildman–Crippen LogP) is 3.70. The molecule has 3 N–H and O–H groups in total. The highest BCUT2D eigenvalue weighted by Crippen LogP contribution is 2.29. The molecule has 2 rings (SSSR count). The monoisotopic (exact) mass is 377 g/mol. The highest BCUT2D eigenvalue weighted by Gasteiger charge is 2.29. The van der Waals surface area contributed by atoms with E-state index in [4.69, 9.17) is 10.3 Å². The van der Waals surface area contributed by atoms with E-state index in [1.807, 2.05) is 13.8 Å². The van der Waals surface area contributed by atoms with Gasteiger partial charge in [-0.05, 0) is 29.7 Å². The zero-order valence-electron chi connectivity index (χ0n) is 13.6. The van der Waals surface area contributed by atoms with Gasteiger partial charge in [0.05, 0.1) is 5.56 Å². The van der Waals surface area contributed by atoms with Crippen LogP contribution in [-0.2, 0) is 6.18 Å². The Morgan fingerprint density at radius 3 is 2.28 bits per heavy atom. The summed E-state index contributed by atoms with van der Waals surface area (Å²) in [7, 11) is 0. The highest BCUT2D eigenvalue weighted by molar-refractivity contribution is 5.85. The standard InChI is InChI=1S/C16H18F3N3O2.ClH/c1-9(2)13(20)14(23)15-21-12(24-22-15)8-5-10-3-6-11(7-4-10)16(17,18)19;/h3-9,13-14,23H,20H2,1-2H3;1H/b8-5+;/t13-,14?;/m0./s1. The first kappa shape index (κ1) is 21.1. The minimum Gasteiger partial charge on any atom is -0.383 e. The van der Waals surface area contributed by atoms with E-state index >= 15 is 0 Å². The number of halogens is 4. The fourth-order valence-corrected chi connectivity index (χ4v) is 1.92. The Hall–Kier alpha value is -1.90.